The standard InChI is InChI=1S/C45H30N2O2S.Pt/c1-29-13-11-14-30(2)43(29)31-25-32(44-47-38-19-5-8-22-41(38)50-44)27-35(26-31)48-34-16-12-15-33(28-34)45(42-23-9-10-24-46-42)36-17-3-6-20-39(36)49-40-21-7-4-18-37(40)45;/h3-26H,1-2H3;/q-2;+2. The molecule has 6 aromatic carbocycles. The number of pyridine rings is 1. The molecule has 51 heavy (non-hydrogen) atoms. The van der Waals surface area contributed by atoms with E-state index in [0.29, 0.717) is 11.5 Å². The van der Waals surface area contributed by atoms with Crippen molar-refractivity contribution in [3.8, 4) is 44.7 Å². The second-order valence-electron chi connectivity index (χ2n) is 12.5. The van der Waals surface area contributed by atoms with E-state index in [-0.39, 0.29) is 21.1 Å². The van der Waals surface area contributed by atoms with Gasteiger partial charge in [0.2, 0.25) is 0 Å². The van der Waals surface area contributed by atoms with Crippen molar-refractivity contribution in [3.05, 3.63) is 191 Å². The fraction of sp³-hybridized carbons (Fsp3) is 0.0667. The van der Waals surface area contributed by atoms with E-state index in [2.05, 4.69) is 86.6 Å². The summed E-state index contributed by atoms with van der Waals surface area (Å²) in [6.07, 6.45) is 1.84. The first-order valence-electron chi connectivity index (χ1n) is 16.6. The van der Waals surface area contributed by atoms with Gasteiger partial charge in [0.1, 0.15) is 11.5 Å². The number of benzene rings is 6. The molecule has 0 amide bonds. The average molecular weight is 858 g/mol. The maximum absolute atomic E-state index is 6.76. The molecule has 0 saturated heterocycles. The van der Waals surface area contributed by atoms with E-state index >= 15 is 0 Å². The van der Waals surface area contributed by atoms with Crippen molar-refractivity contribution in [1.29, 1.82) is 0 Å². The number of thiazole rings is 1. The number of para-hydroxylation sites is 3. The summed E-state index contributed by atoms with van der Waals surface area (Å²) in [6.45, 7) is 4.30. The summed E-state index contributed by atoms with van der Waals surface area (Å²) in [4.78, 5) is 9.94. The molecule has 0 unspecified atom stereocenters. The van der Waals surface area contributed by atoms with Crippen LogP contribution >= 0.6 is 11.3 Å². The molecule has 0 saturated carbocycles. The van der Waals surface area contributed by atoms with Crippen LogP contribution in [0.1, 0.15) is 33.5 Å². The Morgan fingerprint density at radius 1 is 0.667 bits per heavy atom. The Morgan fingerprint density at radius 2 is 1.35 bits per heavy atom. The third-order valence-corrected chi connectivity index (χ3v) is 10.5. The van der Waals surface area contributed by atoms with E-state index in [9.17, 15) is 0 Å². The molecule has 0 fully saturated rings. The Bertz CT molecular complexity index is 2450. The van der Waals surface area contributed by atoms with Crippen molar-refractivity contribution >= 4 is 21.6 Å². The molecular weight excluding hydrogens is 828 g/mol. The van der Waals surface area contributed by atoms with Gasteiger partial charge in [-0.15, -0.1) is 29.3 Å². The number of aromatic nitrogens is 2. The van der Waals surface area contributed by atoms with Gasteiger partial charge in [-0.25, -0.2) is 0 Å². The van der Waals surface area contributed by atoms with Crippen LogP contribution in [0, 0.1) is 26.0 Å². The van der Waals surface area contributed by atoms with Gasteiger partial charge in [-0.1, -0.05) is 90.5 Å². The van der Waals surface area contributed by atoms with Gasteiger partial charge in [-0.05, 0) is 66.9 Å². The first kappa shape index (κ1) is 32.8. The van der Waals surface area contributed by atoms with Gasteiger partial charge in [0.15, 0.2) is 0 Å². The number of rotatable bonds is 6. The van der Waals surface area contributed by atoms with Gasteiger partial charge in [0.05, 0.1) is 16.6 Å². The molecule has 9 rings (SSSR count). The first-order valence-corrected chi connectivity index (χ1v) is 17.4. The van der Waals surface area contributed by atoms with Gasteiger partial charge in [-0.2, -0.15) is 23.5 Å². The van der Waals surface area contributed by atoms with Gasteiger partial charge in [0.25, 0.3) is 0 Å². The SMILES string of the molecule is Cc1cccc(C)c1-c1cc(Oc2[c-]c(C3(c4ccccn4)c4ccccc4Oc4ccccc43)ccc2)[c-]c(-c2nc3ccccc3s2)c1.[Pt+2]. The normalized spacial score (nSPS) is 12.7. The average Bonchev–Trinajstić information content (AvgIpc) is 3.59. The maximum atomic E-state index is 6.76. The Balaban J connectivity index is 0.00000374. The van der Waals surface area contributed by atoms with Gasteiger partial charge < -0.3 is 9.47 Å². The zero-order valence-corrected chi connectivity index (χ0v) is 30.9. The minimum atomic E-state index is -0.804. The summed E-state index contributed by atoms with van der Waals surface area (Å²) in [5, 5.41) is 0.895. The van der Waals surface area contributed by atoms with Gasteiger partial charge in [-0.3, -0.25) is 9.97 Å². The molecule has 1 aliphatic rings. The summed E-state index contributed by atoms with van der Waals surface area (Å²) in [7, 11) is 0. The minimum absolute atomic E-state index is 0. The fourth-order valence-corrected chi connectivity index (χ4v) is 8.18. The summed E-state index contributed by atoms with van der Waals surface area (Å²) in [6, 6.07) is 54.6. The van der Waals surface area contributed by atoms with Crippen LogP contribution in [0.2, 0.25) is 0 Å². The van der Waals surface area contributed by atoms with Gasteiger partial charge >= 0.3 is 21.1 Å². The second kappa shape index (κ2) is 13.4. The first-order chi connectivity index (χ1) is 24.6. The van der Waals surface area contributed by atoms with E-state index in [1.54, 1.807) is 11.3 Å². The Kier molecular flexibility index (Phi) is 8.63. The zero-order chi connectivity index (χ0) is 33.7. The van der Waals surface area contributed by atoms with Crippen molar-refractivity contribution in [2.45, 2.75) is 19.3 Å². The molecule has 0 spiro atoms. The van der Waals surface area contributed by atoms with E-state index in [4.69, 9.17) is 19.4 Å². The second-order valence-corrected chi connectivity index (χ2v) is 13.5. The number of hydrogen-bond donors (Lipinski definition) is 0. The van der Waals surface area contributed by atoms with Crippen molar-refractivity contribution in [1.82, 2.24) is 9.97 Å². The van der Waals surface area contributed by atoms with Crippen molar-refractivity contribution < 1.29 is 30.5 Å². The molecule has 0 N–H and O–H groups in total. The Labute approximate surface area is 315 Å². The number of nitrogens with zero attached hydrogens (tertiary/aromatic N) is 2. The predicted molar refractivity (Wildman–Crippen MR) is 200 cm³/mol. The number of fused-ring (bicyclic) bond motifs is 3. The zero-order valence-electron chi connectivity index (χ0n) is 27.8. The maximum Gasteiger partial charge on any atom is 2.00 e. The molecule has 8 aromatic rings. The Morgan fingerprint density at radius 3 is 2.08 bits per heavy atom. The van der Waals surface area contributed by atoms with Crippen LogP contribution < -0.4 is 9.47 Å². The number of aryl methyl sites for hydroxylation is 2. The quantitative estimate of drug-likeness (QED) is 0.156. The molecule has 3 heterocycles. The Hall–Kier alpha value is -5.35. The predicted octanol–water partition coefficient (Wildman–Crippen LogP) is 11.5. The molecule has 0 bridgehead atoms. The van der Waals surface area contributed by atoms with Crippen LogP contribution in [0.4, 0.5) is 0 Å². The number of hydrogen-bond acceptors (Lipinski definition) is 5. The third-order valence-electron chi connectivity index (χ3n) is 9.38. The van der Waals surface area contributed by atoms with Crippen LogP contribution in [-0.4, -0.2) is 9.97 Å². The van der Waals surface area contributed by atoms with E-state index < -0.39 is 5.41 Å². The van der Waals surface area contributed by atoms with E-state index in [1.807, 2.05) is 85.1 Å². The summed E-state index contributed by atoms with van der Waals surface area (Å²) >= 11 is 1.66. The molecule has 2 aromatic heterocycles. The smallest absolute Gasteiger partial charge is 0.503 e. The van der Waals surface area contributed by atoms with Crippen LogP contribution in [0.5, 0.6) is 23.0 Å². The van der Waals surface area contributed by atoms with Gasteiger partial charge in [0, 0.05) is 38.5 Å². The van der Waals surface area contributed by atoms with E-state index in [1.165, 1.54) is 16.7 Å². The molecular formula is C45H30N2O2PtS. The molecule has 4 nitrogen and oxygen atoms in total. The van der Waals surface area contributed by atoms with Crippen molar-refractivity contribution in [2.24, 2.45) is 0 Å². The summed E-state index contributed by atoms with van der Waals surface area (Å²) in [5.41, 5.74) is 9.43. The molecule has 0 aliphatic carbocycles. The summed E-state index contributed by atoms with van der Waals surface area (Å²) < 4.78 is 14.4. The fourth-order valence-electron chi connectivity index (χ4n) is 7.24. The van der Waals surface area contributed by atoms with E-state index in [0.717, 1.165) is 60.2 Å². The van der Waals surface area contributed by atoms with Crippen molar-refractivity contribution in [2.75, 3.05) is 0 Å². The molecule has 248 valence electrons. The van der Waals surface area contributed by atoms with Crippen LogP contribution in [0.3, 0.4) is 0 Å². The molecule has 0 atom stereocenters. The molecule has 6 heteroatoms. The van der Waals surface area contributed by atoms with Crippen LogP contribution in [0.25, 0.3) is 31.9 Å². The molecule has 0 radical (unpaired) electrons. The number of ether oxygens (including phenoxy) is 2. The van der Waals surface area contributed by atoms with Crippen LogP contribution in [0.15, 0.2) is 146 Å². The minimum Gasteiger partial charge on any atom is -0.503 e. The van der Waals surface area contributed by atoms with Crippen molar-refractivity contribution in [3.63, 3.8) is 0 Å². The monoisotopic (exact) mass is 857 g/mol. The third kappa shape index (κ3) is 5.67. The van der Waals surface area contributed by atoms with Crippen LogP contribution in [-0.2, 0) is 26.5 Å². The largest absolute Gasteiger partial charge is 2.00 e. The summed E-state index contributed by atoms with van der Waals surface area (Å²) in [5.74, 6) is 2.73. The molecule has 1 aliphatic heterocycles. The topological polar surface area (TPSA) is 44.2 Å².